The predicted octanol–water partition coefficient (Wildman–Crippen LogP) is 11.3. The van der Waals surface area contributed by atoms with Crippen molar-refractivity contribution in [3.63, 3.8) is 0 Å². The fraction of sp³-hybridized carbons (Fsp3) is 0.320. The molecule has 286 valence electrons. The first-order valence-electron chi connectivity index (χ1n) is 19.4. The molecule has 4 nitrogen and oxygen atoms in total. The summed E-state index contributed by atoms with van der Waals surface area (Å²) in [6.45, 7) is 18.1. The Hall–Kier alpha value is -4.99. The van der Waals surface area contributed by atoms with Gasteiger partial charge in [-0.2, -0.15) is 13.3 Å². The third kappa shape index (κ3) is 15.0. The van der Waals surface area contributed by atoms with Crippen LogP contribution >= 0.6 is 0 Å². The quantitative estimate of drug-likeness (QED) is 0.104. The summed E-state index contributed by atoms with van der Waals surface area (Å²) in [5, 5.41) is 0. The predicted molar refractivity (Wildman–Crippen MR) is 232 cm³/mol. The van der Waals surface area contributed by atoms with Crippen LogP contribution in [0.15, 0.2) is 97.1 Å². The number of fused-ring (bicyclic) bond motifs is 2. The van der Waals surface area contributed by atoms with E-state index in [1.165, 1.54) is 74.1 Å². The normalized spacial score (nSPS) is 11.6. The molecule has 2 heterocycles. The van der Waals surface area contributed by atoms with E-state index in [1.54, 1.807) is 48.5 Å². The molecule has 2 aliphatic heterocycles. The molecule has 4 aromatic rings. The van der Waals surface area contributed by atoms with Crippen LogP contribution in [0, 0.1) is 62.7 Å². The third-order valence-electron chi connectivity index (χ3n) is 8.96. The minimum atomic E-state index is 0. The molecule has 0 fully saturated rings. The van der Waals surface area contributed by atoms with Gasteiger partial charge in [0, 0.05) is 33.9 Å². The van der Waals surface area contributed by atoms with Crippen LogP contribution in [0.3, 0.4) is 0 Å². The Balaban J connectivity index is 0.000000260. The number of hydrogen-bond acceptors (Lipinski definition) is 4. The van der Waals surface area contributed by atoms with Gasteiger partial charge >= 0.3 is 21.1 Å². The second-order valence-corrected chi connectivity index (χ2v) is 13.1. The Labute approximate surface area is 349 Å². The zero-order valence-corrected chi connectivity index (χ0v) is 35.4. The molecular weight excluding hydrogens is 852 g/mol. The first kappa shape index (κ1) is 46.2. The number of hydrogen-bond donors (Lipinski definition) is 0. The van der Waals surface area contributed by atoms with Crippen molar-refractivity contribution in [3.8, 4) is 36.5 Å². The van der Waals surface area contributed by atoms with E-state index in [-0.39, 0.29) is 21.1 Å². The summed E-state index contributed by atoms with van der Waals surface area (Å²) in [5.74, 6) is 9.50. The van der Waals surface area contributed by atoms with Gasteiger partial charge in [-0.15, -0.1) is 48.2 Å². The molecule has 0 amide bonds. The number of terminal acetylenes is 2. The van der Waals surface area contributed by atoms with Crippen LogP contribution in [-0.2, 0) is 21.1 Å². The summed E-state index contributed by atoms with van der Waals surface area (Å²) >= 11 is 0. The molecule has 0 bridgehead atoms. The first-order chi connectivity index (χ1) is 26.5. The minimum Gasteiger partial charge on any atom is -0.502 e. The standard InChI is InChI=1S/2C15H23N2.2C10H5.Pt/c2*1-3-5-11-16-13-17(12-6-4-2)15-10-8-7-9-14(15)16;2*1-3-9-5-7-10(4-2)8-6-9;/h2*7-10,13H,3-6,11-12H2,1-2H3;2*1,5-8H;/q4*-1;+4. The monoisotopic (exact) mass is 907 g/mol. The molecule has 0 saturated heterocycles. The van der Waals surface area contributed by atoms with Gasteiger partial charge in [0.25, 0.3) is 0 Å². The average Bonchev–Trinajstić information content (AvgIpc) is 3.78. The van der Waals surface area contributed by atoms with Gasteiger partial charge in [0.1, 0.15) is 0 Å². The van der Waals surface area contributed by atoms with Gasteiger partial charge in [0.05, 0.1) is 0 Å². The van der Waals surface area contributed by atoms with Crippen LogP contribution < -0.4 is 19.6 Å². The molecule has 0 unspecified atom stereocenters. The van der Waals surface area contributed by atoms with Gasteiger partial charge in [0.15, 0.2) is 0 Å². The topological polar surface area (TPSA) is 13.0 Å². The number of rotatable bonds is 12. The molecule has 0 atom stereocenters. The molecule has 0 N–H and O–H groups in total. The van der Waals surface area contributed by atoms with Crippen molar-refractivity contribution >= 4 is 22.7 Å². The Kier molecular flexibility index (Phi) is 22.4. The molecular formula is C50H56N4Pt. The van der Waals surface area contributed by atoms with Crippen LogP contribution in [-0.4, -0.2) is 26.2 Å². The van der Waals surface area contributed by atoms with Crippen LogP contribution in [0.4, 0.5) is 22.7 Å². The second-order valence-electron chi connectivity index (χ2n) is 13.1. The second kappa shape index (κ2) is 26.7. The van der Waals surface area contributed by atoms with Crippen molar-refractivity contribution in [2.24, 2.45) is 0 Å². The molecule has 0 aliphatic carbocycles. The first-order valence-corrected chi connectivity index (χ1v) is 19.4. The molecule has 0 radical (unpaired) electrons. The number of unbranched alkanes of at least 4 members (excludes halogenated alkanes) is 4. The Morgan fingerprint density at radius 3 is 0.873 bits per heavy atom. The van der Waals surface area contributed by atoms with Gasteiger partial charge in [-0.1, -0.05) is 114 Å². The summed E-state index contributed by atoms with van der Waals surface area (Å²) in [7, 11) is 0. The molecule has 6 rings (SSSR count). The van der Waals surface area contributed by atoms with E-state index in [0.717, 1.165) is 48.4 Å². The van der Waals surface area contributed by atoms with Gasteiger partial charge in [-0.3, -0.25) is 11.8 Å². The van der Waals surface area contributed by atoms with E-state index in [2.05, 4.69) is 133 Å². The summed E-state index contributed by atoms with van der Waals surface area (Å²) in [5.41, 5.74) is 8.65. The van der Waals surface area contributed by atoms with E-state index in [1.807, 2.05) is 0 Å². The molecule has 2 aliphatic rings. The van der Waals surface area contributed by atoms with Crippen molar-refractivity contribution < 1.29 is 21.1 Å². The zero-order chi connectivity index (χ0) is 39.0. The Bertz CT molecular complexity index is 1570. The Morgan fingerprint density at radius 2 is 0.673 bits per heavy atom. The van der Waals surface area contributed by atoms with Crippen LogP contribution in [0.1, 0.15) is 101 Å². The van der Waals surface area contributed by atoms with E-state index in [0.29, 0.717) is 0 Å². The van der Waals surface area contributed by atoms with E-state index >= 15 is 0 Å². The van der Waals surface area contributed by atoms with Gasteiger partial charge in [0.2, 0.25) is 0 Å². The average molecular weight is 908 g/mol. The number of anilines is 4. The number of nitrogens with zero attached hydrogens (tertiary/aromatic N) is 4. The van der Waals surface area contributed by atoms with E-state index < -0.39 is 0 Å². The fourth-order valence-corrected chi connectivity index (χ4v) is 5.81. The van der Waals surface area contributed by atoms with Gasteiger partial charge in [-0.25, -0.2) is 0 Å². The van der Waals surface area contributed by atoms with E-state index in [4.69, 9.17) is 25.7 Å². The molecule has 0 spiro atoms. The molecule has 55 heavy (non-hydrogen) atoms. The summed E-state index contributed by atoms with van der Waals surface area (Å²) in [6.07, 6.45) is 33.8. The van der Waals surface area contributed by atoms with Crippen molar-refractivity contribution in [1.29, 1.82) is 0 Å². The summed E-state index contributed by atoms with van der Waals surface area (Å²) in [4.78, 5) is 9.59. The minimum absolute atomic E-state index is 0. The van der Waals surface area contributed by atoms with E-state index in [9.17, 15) is 0 Å². The largest absolute Gasteiger partial charge is 4.00 e. The number of para-hydroxylation sites is 4. The van der Waals surface area contributed by atoms with Crippen molar-refractivity contribution in [2.75, 3.05) is 45.8 Å². The van der Waals surface area contributed by atoms with Crippen molar-refractivity contribution in [2.45, 2.75) is 79.1 Å². The maximum Gasteiger partial charge on any atom is 4.00 e. The molecule has 5 heteroatoms. The maximum atomic E-state index is 6.77. The smallest absolute Gasteiger partial charge is 0.502 e. The Morgan fingerprint density at radius 1 is 0.436 bits per heavy atom. The molecule has 0 saturated carbocycles. The van der Waals surface area contributed by atoms with Crippen LogP contribution in [0.25, 0.3) is 0 Å². The van der Waals surface area contributed by atoms with Crippen LogP contribution in [0.2, 0.25) is 0 Å². The molecule has 4 aromatic carbocycles. The van der Waals surface area contributed by atoms with Gasteiger partial charge < -0.3 is 32.4 Å². The van der Waals surface area contributed by atoms with Crippen molar-refractivity contribution in [3.05, 3.63) is 145 Å². The molecule has 0 aromatic heterocycles. The fourth-order valence-electron chi connectivity index (χ4n) is 5.81. The zero-order valence-electron chi connectivity index (χ0n) is 33.1. The van der Waals surface area contributed by atoms with Gasteiger partial charge in [-0.05, 0) is 76.1 Å². The summed E-state index contributed by atoms with van der Waals surface area (Å²) < 4.78 is 0. The van der Waals surface area contributed by atoms with Crippen molar-refractivity contribution in [1.82, 2.24) is 0 Å². The SMILES string of the molecule is CCCCN1[CH-]N(CCCC)c2ccccc21.CCCCN1[CH-]N(CCCC)c2ccccc21.[C-]#Cc1ccc(C#C)cc1.[C-]#Cc1ccc(C#C)cc1.[Pt+4]. The maximum absolute atomic E-state index is 6.77. The number of benzene rings is 4. The third-order valence-corrected chi connectivity index (χ3v) is 8.96. The summed E-state index contributed by atoms with van der Waals surface area (Å²) in [6, 6.07) is 31.7. The van der Waals surface area contributed by atoms with Crippen LogP contribution in [0.5, 0.6) is 0 Å².